The van der Waals surface area contributed by atoms with Crippen molar-refractivity contribution < 1.29 is 8.42 Å². The van der Waals surface area contributed by atoms with E-state index >= 15 is 0 Å². The zero-order valence-electron chi connectivity index (χ0n) is 9.76. The normalized spacial score (nSPS) is 18.5. The highest BCUT2D eigenvalue weighted by atomic mass is 32.2. The lowest BCUT2D eigenvalue weighted by Gasteiger charge is -2.29. The third-order valence-electron chi connectivity index (χ3n) is 3.11. The fourth-order valence-corrected chi connectivity index (χ4v) is 3.18. The van der Waals surface area contributed by atoms with E-state index in [2.05, 4.69) is 19.9 Å². The molecular weight excluding hydrogens is 242 g/mol. The highest BCUT2D eigenvalue weighted by Crippen LogP contribution is 2.23. The van der Waals surface area contributed by atoms with Gasteiger partial charge >= 0.3 is 10.2 Å². The highest BCUT2D eigenvalue weighted by Gasteiger charge is 2.27. The van der Waals surface area contributed by atoms with E-state index < -0.39 is 10.2 Å². The van der Waals surface area contributed by atoms with Crippen LogP contribution in [0.4, 0.5) is 5.95 Å². The first kappa shape index (κ1) is 12.3. The Morgan fingerprint density at radius 2 is 2.12 bits per heavy atom. The van der Waals surface area contributed by atoms with Crippen LogP contribution in [0.25, 0.3) is 0 Å². The summed E-state index contributed by atoms with van der Waals surface area (Å²) < 4.78 is 27.8. The van der Waals surface area contributed by atoms with Crippen molar-refractivity contribution in [2.45, 2.75) is 38.1 Å². The predicted octanol–water partition coefficient (Wildman–Crippen LogP) is 0.726. The van der Waals surface area contributed by atoms with Crippen molar-refractivity contribution in [2.75, 3.05) is 11.8 Å². The van der Waals surface area contributed by atoms with Gasteiger partial charge in [0.25, 0.3) is 0 Å². The molecule has 0 amide bonds. The topological polar surface area (TPSA) is 91.0 Å². The highest BCUT2D eigenvalue weighted by molar-refractivity contribution is 7.90. The zero-order valence-corrected chi connectivity index (χ0v) is 10.6. The van der Waals surface area contributed by atoms with Crippen molar-refractivity contribution in [1.82, 2.24) is 19.5 Å². The molecule has 0 saturated heterocycles. The minimum Gasteiger partial charge on any atom is -0.245 e. The molecule has 1 aromatic rings. The molecule has 0 bridgehead atoms. The summed E-state index contributed by atoms with van der Waals surface area (Å²) in [6.07, 6.45) is 6.49. The first-order chi connectivity index (χ1) is 8.09. The summed E-state index contributed by atoms with van der Waals surface area (Å²) in [6.45, 7) is 0. The number of nitrogens with zero attached hydrogens (tertiary/aromatic N) is 3. The minimum absolute atomic E-state index is 0.0872. The SMILES string of the molecule is CN(C1CCCCC1)S(=O)(=O)Nc1ncn[nH]1. The van der Waals surface area contributed by atoms with Crippen LogP contribution in [0.3, 0.4) is 0 Å². The second kappa shape index (κ2) is 5.01. The molecule has 1 aliphatic carbocycles. The number of anilines is 1. The Bertz CT molecular complexity index is 438. The molecule has 7 nitrogen and oxygen atoms in total. The molecule has 17 heavy (non-hydrogen) atoms. The Kier molecular flexibility index (Phi) is 3.63. The van der Waals surface area contributed by atoms with Crippen molar-refractivity contribution in [3.63, 3.8) is 0 Å². The zero-order chi connectivity index (χ0) is 12.3. The smallest absolute Gasteiger partial charge is 0.245 e. The molecule has 0 radical (unpaired) electrons. The first-order valence-electron chi connectivity index (χ1n) is 5.71. The van der Waals surface area contributed by atoms with Gasteiger partial charge in [-0.25, -0.2) is 9.82 Å². The average molecular weight is 259 g/mol. The van der Waals surface area contributed by atoms with Crippen molar-refractivity contribution in [1.29, 1.82) is 0 Å². The molecule has 1 fully saturated rings. The number of rotatable bonds is 4. The van der Waals surface area contributed by atoms with Gasteiger partial charge in [0.1, 0.15) is 6.33 Å². The van der Waals surface area contributed by atoms with Crippen LogP contribution < -0.4 is 4.72 Å². The maximum absolute atomic E-state index is 12.0. The van der Waals surface area contributed by atoms with Crippen LogP contribution in [0.1, 0.15) is 32.1 Å². The maximum Gasteiger partial charge on any atom is 0.303 e. The number of hydrogen-bond acceptors (Lipinski definition) is 4. The Labute approximate surface area is 101 Å². The molecule has 1 aliphatic rings. The van der Waals surface area contributed by atoms with Gasteiger partial charge in [0, 0.05) is 13.1 Å². The average Bonchev–Trinajstić information content (AvgIpc) is 2.81. The monoisotopic (exact) mass is 259 g/mol. The van der Waals surface area contributed by atoms with E-state index in [1.165, 1.54) is 17.1 Å². The standard InChI is InChI=1S/C9H17N5O2S/c1-14(8-5-3-2-4-6-8)17(15,16)13-9-10-7-11-12-9/h7-8H,2-6H2,1H3,(H2,10,11,12,13). The van der Waals surface area contributed by atoms with Crippen LogP contribution in [0.5, 0.6) is 0 Å². The second-order valence-corrected chi connectivity index (χ2v) is 5.98. The quantitative estimate of drug-likeness (QED) is 0.833. The largest absolute Gasteiger partial charge is 0.303 e. The van der Waals surface area contributed by atoms with Crippen LogP contribution in [0, 0.1) is 0 Å². The molecule has 1 heterocycles. The fraction of sp³-hybridized carbons (Fsp3) is 0.778. The van der Waals surface area contributed by atoms with Crippen molar-refractivity contribution >= 4 is 16.2 Å². The molecule has 0 spiro atoms. The summed E-state index contributed by atoms with van der Waals surface area (Å²) in [6, 6.07) is 0.0872. The summed E-state index contributed by atoms with van der Waals surface area (Å²) in [5, 5.41) is 6.07. The summed E-state index contributed by atoms with van der Waals surface area (Å²) in [7, 11) is -1.93. The Balaban J connectivity index is 2.03. The van der Waals surface area contributed by atoms with E-state index in [0.717, 1.165) is 25.7 Å². The van der Waals surface area contributed by atoms with E-state index in [9.17, 15) is 8.42 Å². The molecule has 2 rings (SSSR count). The molecule has 2 N–H and O–H groups in total. The van der Waals surface area contributed by atoms with Crippen molar-refractivity contribution in [3.05, 3.63) is 6.33 Å². The van der Waals surface area contributed by atoms with E-state index in [4.69, 9.17) is 0 Å². The van der Waals surface area contributed by atoms with Gasteiger partial charge < -0.3 is 0 Å². The minimum atomic E-state index is -3.53. The van der Waals surface area contributed by atoms with Crippen LogP contribution in [0.15, 0.2) is 6.33 Å². The van der Waals surface area contributed by atoms with Gasteiger partial charge in [-0.2, -0.15) is 22.8 Å². The van der Waals surface area contributed by atoms with Gasteiger partial charge in [-0.05, 0) is 12.8 Å². The summed E-state index contributed by atoms with van der Waals surface area (Å²) in [5.74, 6) is 0.146. The van der Waals surface area contributed by atoms with Gasteiger partial charge in [-0.3, -0.25) is 0 Å². The van der Waals surface area contributed by atoms with Crippen LogP contribution in [-0.2, 0) is 10.2 Å². The number of H-pyrrole nitrogens is 1. The number of aromatic nitrogens is 3. The fourth-order valence-electron chi connectivity index (χ4n) is 2.09. The summed E-state index contributed by atoms with van der Waals surface area (Å²) in [4.78, 5) is 3.75. The van der Waals surface area contributed by atoms with Crippen LogP contribution in [0.2, 0.25) is 0 Å². The number of hydrogen-bond donors (Lipinski definition) is 2. The molecular formula is C9H17N5O2S. The molecule has 96 valence electrons. The van der Waals surface area contributed by atoms with Crippen molar-refractivity contribution in [3.8, 4) is 0 Å². The second-order valence-electron chi connectivity index (χ2n) is 4.25. The third kappa shape index (κ3) is 2.95. The lowest BCUT2D eigenvalue weighted by Crippen LogP contribution is -2.41. The van der Waals surface area contributed by atoms with Crippen molar-refractivity contribution in [2.24, 2.45) is 0 Å². The van der Waals surface area contributed by atoms with Crippen LogP contribution >= 0.6 is 0 Å². The lowest BCUT2D eigenvalue weighted by molar-refractivity contribution is 0.287. The van der Waals surface area contributed by atoms with E-state index in [1.54, 1.807) is 7.05 Å². The molecule has 1 aromatic heterocycles. The molecule has 1 saturated carbocycles. The molecule has 0 unspecified atom stereocenters. The lowest BCUT2D eigenvalue weighted by atomic mass is 9.96. The number of nitrogens with one attached hydrogen (secondary N) is 2. The van der Waals surface area contributed by atoms with Gasteiger partial charge in [0.2, 0.25) is 5.95 Å². The van der Waals surface area contributed by atoms with Crippen LogP contribution in [-0.4, -0.2) is 41.0 Å². The van der Waals surface area contributed by atoms with Gasteiger partial charge in [-0.1, -0.05) is 19.3 Å². The molecule has 0 aromatic carbocycles. The van der Waals surface area contributed by atoms with E-state index in [0.29, 0.717) is 0 Å². The molecule has 0 aliphatic heterocycles. The number of aromatic amines is 1. The molecule has 0 atom stereocenters. The Morgan fingerprint density at radius 1 is 1.41 bits per heavy atom. The van der Waals surface area contributed by atoms with Gasteiger partial charge in [0.15, 0.2) is 0 Å². The third-order valence-corrected chi connectivity index (χ3v) is 4.62. The summed E-state index contributed by atoms with van der Waals surface area (Å²) >= 11 is 0. The predicted molar refractivity (Wildman–Crippen MR) is 63.6 cm³/mol. The Morgan fingerprint density at radius 3 is 2.71 bits per heavy atom. The van der Waals surface area contributed by atoms with E-state index in [1.807, 2.05) is 0 Å². The van der Waals surface area contributed by atoms with Gasteiger partial charge in [-0.15, -0.1) is 0 Å². The first-order valence-corrected chi connectivity index (χ1v) is 7.15. The molecule has 8 heteroatoms. The Hall–Kier alpha value is -1.15. The van der Waals surface area contributed by atoms with E-state index in [-0.39, 0.29) is 12.0 Å². The van der Waals surface area contributed by atoms with Gasteiger partial charge in [0.05, 0.1) is 0 Å². The summed E-state index contributed by atoms with van der Waals surface area (Å²) in [5.41, 5.74) is 0. The maximum atomic E-state index is 12.0.